The van der Waals surface area contributed by atoms with E-state index in [2.05, 4.69) is 17.5 Å². The Morgan fingerprint density at radius 2 is 2.15 bits per heavy atom. The van der Waals surface area contributed by atoms with Crippen molar-refractivity contribution < 1.29 is 15.0 Å². The highest BCUT2D eigenvalue weighted by molar-refractivity contribution is 7.17. The lowest BCUT2D eigenvalue weighted by Crippen LogP contribution is -2.41. The van der Waals surface area contributed by atoms with E-state index in [-0.39, 0.29) is 12.3 Å². The minimum atomic E-state index is -1.10. The van der Waals surface area contributed by atoms with E-state index in [9.17, 15) is 9.90 Å². The number of carboxylic acid groups (broad SMARTS) is 1. The minimum Gasteiger partial charge on any atom is -0.481 e. The number of hydrogen-bond donors (Lipinski definition) is 2. The van der Waals surface area contributed by atoms with Crippen LogP contribution >= 0.6 is 11.3 Å². The fourth-order valence-electron chi connectivity index (χ4n) is 3.41. The maximum atomic E-state index is 11.1. The minimum absolute atomic E-state index is 0.0662. The molecule has 1 saturated carbocycles. The fraction of sp³-hybridized carbons (Fsp3) is 0.438. The SMILES string of the molecule is O=C(O)CC1(O)CCCCC1c1csc2ccccc12. The van der Waals surface area contributed by atoms with E-state index in [0.717, 1.165) is 30.2 Å². The molecular formula is C16H18O3S. The number of fused-ring (bicyclic) bond motifs is 1. The van der Waals surface area contributed by atoms with E-state index in [1.807, 2.05) is 12.1 Å². The lowest BCUT2D eigenvalue weighted by Gasteiger charge is -2.39. The standard InChI is InChI=1S/C16H18O3S/c17-15(18)9-16(19)8-4-3-6-13(16)12-10-20-14-7-2-1-5-11(12)14/h1-2,5,7,10,13,19H,3-4,6,8-9H2,(H,17,18). The predicted octanol–water partition coefficient (Wildman–Crippen LogP) is 3.76. The van der Waals surface area contributed by atoms with E-state index in [0.29, 0.717) is 6.42 Å². The van der Waals surface area contributed by atoms with Crippen molar-refractivity contribution in [2.45, 2.75) is 43.6 Å². The molecule has 2 unspecified atom stereocenters. The van der Waals surface area contributed by atoms with E-state index in [4.69, 9.17) is 5.11 Å². The maximum Gasteiger partial charge on any atom is 0.306 e. The quantitative estimate of drug-likeness (QED) is 0.904. The smallest absolute Gasteiger partial charge is 0.306 e. The first-order valence-corrected chi connectivity index (χ1v) is 7.88. The van der Waals surface area contributed by atoms with Crippen molar-refractivity contribution in [1.82, 2.24) is 0 Å². The zero-order chi connectivity index (χ0) is 14.2. The molecule has 3 rings (SSSR count). The van der Waals surface area contributed by atoms with Gasteiger partial charge in [-0.2, -0.15) is 0 Å². The maximum absolute atomic E-state index is 11.1. The second kappa shape index (κ2) is 5.19. The molecule has 0 saturated heterocycles. The van der Waals surface area contributed by atoms with Crippen LogP contribution in [0.3, 0.4) is 0 Å². The molecule has 1 fully saturated rings. The molecule has 1 aliphatic rings. The molecule has 0 radical (unpaired) electrons. The zero-order valence-electron chi connectivity index (χ0n) is 11.2. The molecule has 0 aliphatic heterocycles. The van der Waals surface area contributed by atoms with Gasteiger partial charge < -0.3 is 10.2 Å². The third-order valence-corrected chi connectivity index (χ3v) is 5.33. The summed E-state index contributed by atoms with van der Waals surface area (Å²) in [5, 5.41) is 23.2. The molecule has 4 heteroatoms. The number of aliphatic hydroxyl groups is 1. The topological polar surface area (TPSA) is 57.5 Å². The first-order chi connectivity index (χ1) is 9.60. The number of thiophene rings is 1. The van der Waals surface area contributed by atoms with Gasteiger partial charge in [0, 0.05) is 10.6 Å². The Hall–Kier alpha value is -1.39. The molecule has 0 amide bonds. The summed E-state index contributed by atoms with van der Waals surface area (Å²) < 4.78 is 1.20. The van der Waals surface area contributed by atoms with Gasteiger partial charge in [-0.05, 0) is 35.2 Å². The zero-order valence-corrected chi connectivity index (χ0v) is 12.0. The van der Waals surface area contributed by atoms with Gasteiger partial charge in [-0.25, -0.2) is 0 Å². The van der Waals surface area contributed by atoms with Crippen LogP contribution in [-0.4, -0.2) is 21.8 Å². The largest absolute Gasteiger partial charge is 0.481 e. The van der Waals surface area contributed by atoms with Crippen LogP contribution in [0.4, 0.5) is 0 Å². The average molecular weight is 290 g/mol. The molecule has 1 aromatic heterocycles. The Balaban J connectivity index is 2.03. The van der Waals surface area contributed by atoms with Gasteiger partial charge in [-0.15, -0.1) is 11.3 Å². The van der Waals surface area contributed by atoms with Gasteiger partial charge >= 0.3 is 5.97 Å². The molecule has 3 nitrogen and oxygen atoms in total. The summed E-state index contributed by atoms with van der Waals surface area (Å²) in [6, 6.07) is 8.14. The van der Waals surface area contributed by atoms with Crippen molar-refractivity contribution in [1.29, 1.82) is 0 Å². The molecule has 1 aromatic carbocycles. The lowest BCUT2D eigenvalue weighted by atomic mass is 9.70. The summed E-state index contributed by atoms with van der Waals surface area (Å²) in [5.74, 6) is -0.984. The number of carboxylic acids is 1. The molecule has 2 aromatic rings. The van der Waals surface area contributed by atoms with Crippen molar-refractivity contribution >= 4 is 27.4 Å². The van der Waals surface area contributed by atoms with Crippen LogP contribution in [0.1, 0.15) is 43.6 Å². The third-order valence-electron chi connectivity index (χ3n) is 4.34. The van der Waals surface area contributed by atoms with Crippen LogP contribution in [0.2, 0.25) is 0 Å². The first kappa shape index (κ1) is 13.6. The fourth-order valence-corrected chi connectivity index (χ4v) is 4.42. The van der Waals surface area contributed by atoms with Crippen molar-refractivity contribution in [2.24, 2.45) is 0 Å². The number of carbonyl (C=O) groups is 1. The molecule has 1 aliphatic carbocycles. The molecule has 2 atom stereocenters. The normalized spacial score (nSPS) is 26.8. The van der Waals surface area contributed by atoms with Gasteiger partial charge in [0.05, 0.1) is 12.0 Å². The highest BCUT2D eigenvalue weighted by Gasteiger charge is 2.42. The Kier molecular flexibility index (Phi) is 3.52. The summed E-state index contributed by atoms with van der Waals surface area (Å²) in [7, 11) is 0. The predicted molar refractivity (Wildman–Crippen MR) is 80.2 cm³/mol. The van der Waals surface area contributed by atoms with E-state index >= 15 is 0 Å². The second-order valence-electron chi connectivity index (χ2n) is 5.66. The van der Waals surface area contributed by atoms with Crippen molar-refractivity contribution in [2.75, 3.05) is 0 Å². The Labute approximate surface area is 121 Å². The summed E-state index contributed by atoms with van der Waals surface area (Å²) in [4.78, 5) is 11.1. The van der Waals surface area contributed by atoms with Crippen LogP contribution < -0.4 is 0 Å². The Morgan fingerprint density at radius 1 is 1.35 bits per heavy atom. The van der Waals surface area contributed by atoms with Crippen LogP contribution in [0.15, 0.2) is 29.6 Å². The van der Waals surface area contributed by atoms with Crippen molar-refractivity contribution in [3.63, 3.8) is 0 Å². The number of benzene rings is 1. The molecule has 1 heterocycles. The van der Waals surface area contributed by atoms with Crippen molar-refractivity contribution in [3.05, 3.63) is 35.2 Å². The summed E-state index contributed by atoms with van der Waals surface area (Å²) in [5.41, 5.74) is 0.0162. The summed E-state index contributed by atoms with van der Waals surface area (Å²) in [6.07, 6.45) is 3.24. The first-order valence-electron chi connectivity index (χ1n) is 7.00. The second-order valence-corrected chi connectivity index (χ2v) is 6.57. The number of aliphatic carboxylic acids is 1. The molecule has 106 valence electrons. The lowest BCUT2D eigenvalue weighted by molar-refractivity contribution is -0.144. The van der Waals surface area contributed by atoms with Crippen LogP contribution in [0, 0.1) is 0 Å². The van der Waals surface area contributed by atoms with E-state index in [1.54, 1.807) is 11.3 Å². The van der Waals surface area contributed by atoms with Gasteiger partial charge in [0.15, 0.2) is 0 Å². The molecular weight excluding hydrogens is 272 g/mol. The molecule has 2 N–H and O–H groups in total. The molecule has 0 spiro atoms. The summed E-state index contributed by atoms with van der Waals surface area (Å²) >= 11 is 1.67. The Bertz CT molecular complexity index is 633. The van der Waals surface area contributed by atoms with E-state index in [1.165, 1.54) is 4.70 Å². The van der Waals surface area contributed by atoms with Gasteiger partial charge in [0.1, 0.15) is 0 Å². The van der Waals surface area contributed by atoms with E-state index < -0.39 is 11.6 Å². The third kappa shape index (κ3) is 2.34. The van der Waals surface area contributed by atoms with Gasteiger partial charge in [0.2, 0.25) is 0 Å². The van der Waals surface area contributed by atoms with Crippen molar-refractivity contribution in [3.8, 4) is 0 Å². The average Bonchev–Trinajstić information content (AvgIpc) is 2.82. The van der Waals surface area contributed by atoms with Crippen LogP contribution in [-0.2, 0) is 4.79 Å². The monoisotopic (exact) mass is 290 g/mol. The highest BCUT2D eigenvalue weighted by atomic mass is 32.1. The van der Waals surface area contributed by atoms with Gasteiger partial charge in [-0.1, -0.05) is 31.0 Å². The molecule has 20 heavy (non-hydrogen) atoms. The number of rotatable bonds is 3. The van der Waals surface area contributed by atoms with Gasteiger partial charge in [-0.3, -0.25) is 4.79 Å². The molecule has 0 bridgehead atoms. The van der Waals surface area contributed by atoms with Crippen LogP contribution in [0.5, 0.6) is 0 Å². The van der Waals surface area contributed by atoms with Crippen LogP contribution in [0.25, 0.3) is 10.1 Å². The summed E-state index contributed by atoms with van der Waals surface area (Å²) in [6.45, 7) is 0. The highest BCUT2D eigenvalue weighted by Crippen LogP contribution is 2.46. The van der Waals surface area contributed by atoms with Gasteiger partial charge in [0.25, 0.3) is 0 Å². The Morgan fingerprint density at radius 3 is 2.95 bits per heavy atom. The number of hydrogen-bond acceptors (Lipinski definition) is 3.